The fourth-order valence-electron chi connectivity index (χ4n) is 3.32. The number of hydrogen-bond donors (Lipinski definition) is 0. The molecule has 1 aliphatic rings. The SMILES string of the molecule is CC1CCCC(C(=O)Cc2ccncc2Cl)(N(C)C)C1. The molecule has 1 aliphatic carbocycles. The highest BCUT2D eigenvalue weighted by molar-refractivity contribution is 6.31. The lowest BCUT2D eigenvalue weighted by atomic mass is 9.72. The molecule has 0 spiro atoms. The minimum atomic E-state index is -0.329. The van der Waals surface area contributed by atoms with Crippen LogP contribution >= 0.6 is 11.6 Å². The maximum absolute atomic E-state index is 12.9. The maximum atomic E-state index is 12.9. The molecular weight excluding hydrogens is 272 g/mol. The molecule has 110 valence electrons. The Hall–Kier alpha value is -0.930. The number of halogens is 1. The van der Waals surface area contributed by atoms with Crippen molar-refractivity contribution in [2.75, 3.05) is 14.1 Å². The Labute approximate surface area is 126 Å². The summed E-state index contributed by atoms with van der Waals surface area (Å²) in [5, 5.41) is 0.582. The Morgan fingerprint density at radius 3 is 2.90 bits per heavy atom. The Morgan fingerprint density at radius 1 is 1.55 bits per heavy atom. The second kappa shape index (κ2) is 6.23. The van der Waals surface area contributed by atoms with Gasteiger partial charge in [-0.1, -0.05) is 31.4 Å². The van der Waals surface area contributed by atoms with Crippen LogP contribution in [0.2, 0.25) is 5.02 Å². The van der Waals surface area contributed by atoms with Gasteiger partial charge in [-0.2, -0.15) is 0 Å². The van der Waals surface area contributed by atoms with Crippen LogP contribution in [0, 0.1) is 5.92 Å². The smallest absolute Gasteiger partial charge is 0.157 e. The third kappa shape index (κ3) is 3.04. The van der Waals surface area contributed by atoms with E-state index in [-0.39, 0.29) is 11.3 Å². The minimum Gasteiger partial charge on any atom is -0.297 e. The van der Waals surface area contributed by atoms with Gasteiger partial charge in [0.1, 0.15) is 0 Å². The first-order chi connectivity index (χ1) is 9.45. The molecule has 2 rings (SSSR count). The molecule has 1 aromatic heterocycles. The van der Waals surface area contributed by atoms with E-state index in [4.69, 9.17) is 11.6 Å². The van der Waals surface area contributed by atoms with Crippen molar-refractivity contribution in [3.63, 3.8) is 0 Å². The summed E-state index contributed by atoms with van der Waals surface area (Å²) in [7, 11) is 4.04. The van der Waals surface area contributed by atoms with Gasteiger partial charge < -0.3 is 0 Å². The van der Waals surface area contributed by atoms with Crippen LogP contribution in [0.1, 0.15) is 38.2 Å². The molecule has 0 radical (unpaired) electrons. The van der Waals surface area contributed by atoms with Crippen LogP contribution in [-0.4, -0.2) is 35.3 Å². The lowest BCUT2D eigenvalue weighted by molar-refractivity contribution is -0.132. The highest BCUT2D eigenvalue weighted by Crippen LogP contribution is 2.37. The summed E-state index contributed by atoms with van der Waals surface area (Å²) < 4.78 is 0. The zero-order valence-corrected chi connectivity index (χ0v) is 13.3. The third-order valence-electron chi connectivity index (χ3n) is 4.56. The summed E-state index contributed by atoms with van der Waals surface area (Å²) in [6, 6.07) is 1.84. The molecule has 0 bridgehead atoms. The van der Waals surface area contributed by atoms with Crippen molar-refractivity contribution in [2.24, 2.45) is 5.92 Å². The second-order valence-electron chi connectivity index (χ2n) is 6.19. The van der Waals surface area contributed by atoms with Gasteiger partial charge in [-0.3, -0.25) is 14.7 Å². The number of aromatic nitrogens is 1. The van der Waals surface area contributed by atoms with E-state index in [9.17, 15) is 4.79 Å². The standard InChI is InChI=1S/C16H23ClN2O/c1-12-5-4-7-16(10-12,19(2)3)15(20)9-13-6-8-18-11-14(13)17/h6,8,11-12H,4-5,7,9-10H2,1-3H3. The average molecular weight is 295 g/mol. The molecule has 4 heteroatoms. The average Bonchev–Trinajstić information content (AvgIpc) is 2.41. The monoisotopic (exact) mass is 294 g/mol. The molecule has 1 aromatic rings. The molecule has 2 atom stereocenters. The number of carbonyl (C=O) groups excluding carboxylic acids is 1. The Kier molecular flexibility index (Phi) is 4.82. The fourth-order valence-corrected chi connectivity index (χ4v) is 3.50. The molecule has 3 nitrogen and oxygen atoms in total. The van der Waals surface area contributed by atoms with E-state index in [2.05, 4.69) is 16.8 Å². The quantitative estimate of drug-likeness (QED) is 0.854. The van der Waals surface area contributed by atoms with Gasteiger partial charge in [0, 0.05) is 18.8 Å². The highest BCUT2D eigenvalue weighted by Gasteiger charge is 2.43. The number of Topliss-reactive ketones (excluding diaryl/α,β-unsaturated/α-hetero) is 1. The van der Waals surface area contributed by atoms with E-state index < -0.39 is 0 Å². The summed E-state index contributed by atoms with van der Waals surface area (Å²) in [5.41, 5.74) is 0.552. The van der Waals surface area contributed by atoms with Gasteiger partial charge >= 0.3 is 0 Å². The Bertz CT molecular complexity index is 489. The number of hydrogen-bond acceptors (Lipinski definition) is 3. The van der Waals surface area contributed by atoms with Crippen molar-refractivity contribution in [3.05, 3.63) is 29.0 Å². The third-order valence-corrected chi connectivity index (χ3v) is 4.90. The molecule has 0 amide bonds. The van der Waals surface area contributed by atoms with Crippen LogP contribution in [0.4, 0.5) is 0 Å². The zero-order valence-electron chi connectivity index (χ0n) is 12.5. The Morgan fingerprint density at radius 2 is 2.30 bits per heavy atom. The van der Waals surface area contributed by atoms with Crippen molar-refractivity contribution in [2.45, 2.75) is 44.6 Å². The molecular formula is C16H23ClN2O. The highest BCUT2D eigenvalue weighted by atomic mass is 35.5. The Balaban J connectivity index is 2.22. The van der Waals surface area contributed by atoms with Crippen LogP contribution in [0.25, 0.3) is 0 Å². The molecule has 0 aromatic carbocycles. The van der Waals surface area contributed by atoms with Gasteiger partial charge in [-0.05, 0) is 44.5 Å². The number of rotatable bonds is 4. The molecule has 1 heterocycles. The lowest BCUT2D eigenvalue weighted by Gasteiger charge is -2.44. The predicted molar refractivity (Wildman–Crippen MR) is 82.0 cm³/mol. The van der Waals surface area contributed by atoms with E-state index in [0.29, 0.717) is 17.4 Å². The molecule has 0 N–H and O–H groups in total. The van der Waals surface area contributed by atoms with Crippen molar-refractivity contribution in [1.82, 2.24) is 9.88 Å². The predicted octanol–water partition coefficient (Wildman–Crippen LogP) is 3.36. The first-order valence-electron chi connectivity index (χ1n) is 7.25. The van der Waals surface area contributed by atoms with Crippen molar-refractivity contribution in [1.29, 1.82) is 0 Å². The zero-order chi connectivity index (χ0) is 14.8. The maximum Gasteiger partial charge on any atom is 0.157 e. The number of likely N-dealkylation sites (N-methyl/N-ethyl adjacent to an activating group) is 1. The topological polar surface area (TPSA) is 33.2 Å². The van der Waals surface area contributed by atoms with Gasteiger partial charge in [0.15, 0.2) is 5.78 Å². The van der Waals surface area contributed by atoms with Gasteiger partial charge in [-0.15, -0.1) is 0 Å². The normalized spacial score (nSPS) is 26.8. The van der Waals surface area contributed by atoms with Gasteiger partial charge in [-0.25, -0.2) is 0 Å². The summed E-state index contributed by atoms with van der Waals surface area (Å²) >= 11 is 6.13. The van der Waals surface area contributed by atoms with E-state index in [1.54, 1.807) is 12.4 Å². The fraction of sp³-hybridized carbons (Fsp3) is 0.625. The number of ketones is 1. The second-order valence-corrected chi connectivity index (χ2v) is 6.60. The van der Waals surface area contributed by atoms with Crippen molar-refractivity contribution in [3.8, 4) is 0 Å². The van der Waals surface area contributed by atoms with Gasteiger partial charge in [0.25, 0.3) is 0 Å². The largest absolute Gasteiger partial charge is 0.297 e. The van der Waals surface area contributed by atoms with E-state index >= 15 is 0 Å². The van der Waals surface area contributed by atoms with Gasteiger partial charge in [0.05, 0.1) is 10.6 Å². The van der Waals surface area contributed by atoms with Crippen LogP contribution in [0.15, 0.2) is 18.5 Å². The summed E-state index contributed by atoms with van der Waals surface area (Å²) in [4.78, 5) is 19.0. The summed E-state index contributed by atoms with van der Waals surface area (Å²) in [6.07, 6.45) is 7.93. The lowest BCUT2D eigenvalue weighted by Crippen LogP contribution is -2.54. The molecule has 0 saturated heterocycles. The summed E-state index contributed by atoms with van der Waals surface area (Å²) in [6.45, 7) is 2.24. The van der Waals surface area contributed by atoms with Crippen LogP contribution in [-0.2, 0) is 11.2 Å². The molecule has 1 saturated carbocycles. The minimum absolute atomic E-state index is 0.280. The molecule has 0 aliphatic heterocycles. The van der Waals surface area contributed by atoms with E-state index in [1.165, 1.54) is 6.42 Å². The number of carbonyl (C=O) groups is 1. The summed E-state index contributed by atoms with van der Waals surface area (Å²) in [5.74, 6) is 0.880. The molecule has 1 fully saturated rings. The van der Waals surface area contributed by atoms with E-state index in [0.717, 1.165) is 24.8 Å². The number of nitrogens with zero attached hydrogens (tertiary/aromatic N) is 2. The number of pyridine rings is 1. The molecule has 2 unspecified atom stereocenters. The van der Waals surface area contributed by atoms with Gasteiger partial charge in [0.2, 0.25) is 0 Å². The van der Waals surface area contributed by atoms with Crippen molar-refractivity contribution < 1.29 is 4.79 Å². The first kappa shape index (κ1) is 15.5. The van der Waals surface area contributed by atoms with E-state index in [1.807, 2.05) is 20.2 Å². The van der Waals surface area contributed by atoms with Crippen LogP contribution in [0.5, 0.6) is 0 Å². The van der Waals surface area contributed by atoms with Crippen LogP contribution in [0.3, 0.4) is 0 Å². The molecule has 20 heavy (non-hydrogen) atoms. The van der Waals surface area contributed by atoms with Crippen LogP contribution < -0.4 is 0 Å². The first-order valence-corrected chi connectivity index (χ1v) is 7.62. The van der Waals surface area contributed by atoms with Crippen molar-refractivity contribution >= 4 is 17.4 Å².